The van der Waals surface area contributed by atoms with Crippen molar-refractivity contribution in [3.05, 3.63) is 52.1 Å². The second kappa shape index (κ2) is 7.13. The van der Waals surface area contributed by atoms with Gasteiger partial charge in [-0.25, -0.2) is 8.42 Å². The van der Waals surface area contributed by atoms with Crippen molar-refractivity contribution in [3.8, 4) is 5.75 Å². The molecule has 3 aromatic rings. The molecular formula is C18H20N2O4S2. The highest BCUT2D eigenvalue weighted by Crippen LogP contribution is 2.29. The number of ether oxygens (including phenoxy) is 1. The lowest BCUT2D eigenvalue weighted by Gasteiger charge is -2.15. The van der Waals surface area contributed by atoms with Gasteiger partial charge in [-0.15, -0.1) is 0 Å². The summed E-state index contributed by atoms with van der Waals surface area (Å²) in [5.74, 6) is 0.467. The highest BCUT2D eigenvalue weighted by atomic mass is 32.2. The van der Waals surface area contributed by atoms with Crippen molar-refractivity contribution in [3.63, 3.8) is 0 Å². The van der Waals surface area contributed by atoms with E-state index in [-0.39, 0.29) is 15.9 Å². The molecule has 0 aliphatic heterocycles. The minimum Gasteiger partial charge on any atom is -0.489 e. The average Bonchev–Trinajstić information content (AvgIpc) is 2.90. The Morgan fingerprint density at radius 3 is 2.62 bits per heavy atom. The molecule has 0 atom stereocenters. The van der Waals surface area contributed by atoms with Crippen molar-refractivity contribution in [1.29, 1.82) is 0 Å². The molecule has 0 saturated heterocycles. The van der Waals surface area contributed by atoms with Gasteiger partial charge in [0.2, 0.25) is 0 Å². The van der Waals surface area contributed by atoms with Crippen molar-refractivity contribution in [2.45, 2.75) is 38.3 Å². The number of sulfonamides is 1. The number of nitrogens with zero attached hydrogens (tertiary/aromatic N) is 1. The minimum atomic E-state index is -3.81. The van der Waals surface area contributed by atoms with Crippen LogP contribution in [0.15, 0.2) is 52.2 Å². The molecule has 26 heavy (non-hydrogen) atoms. The van der Waals surface area contributed by atoms with E-state index in [1.54, 1.807) is 34.9 Å². The van der Waals surface area contributed by atoms with E-state index in [2.05, 4.69) is 4.72 Å². The molecule has 0 radical (unpaired) electrons. The van der Waals surface area contributed by atoms with E-state index in [4.69, 9.17) is 4.74 Å². The van der Waals surface area contributed by atoms with Crippen LogP contribution in [0.25, 0.3) is 10.2 Å². The first-order chi connectivity index (χ1) is 12.3. The summed E-state index contributed by atoms with van der Waals surface area (Å²) < 4.78 is 36.1. The summed E-state index contributed by atoms with van der Waals surface area (Å²) in [6.07, 6.45) is -0.0805. The summed E-state index contributed by atoms with van der Waals surface area (Å²) in [5, 5.41) is 0. The second-order valence-corrected chi connectivity index (χ2v) is 8.69. The van der Waals surface area contributed by atoms with E-state index in [0.717, 1.165) is 16.9 Å². The highest BCUT2D eigenvalue weighted by Gasteiger charge is 2.18. The van der Waals surface area contributed by atoms with Gasteiger partial charge in [0.15, 0.2) is 0 Å². The topological polar surface area (TPSA) is 77.4 Å². The number of anilines is 1. The van der Waals surface area contributed by atoms with Crippen LogP contribution in [0, 0.1) is 0 Å². The Hall–Kier alpha value is -2.32. The molecule has 0 amide bonds. The van der Waals surface area contributed by atoms with Crippen molar-refractivity contribution in [2.75, 3.05) is 4.72 Å². The van der Waals surface area contributed by atoms with Crippen LogP contribution in [-0.4, -0.2) is 19.1 Å². The fourth-order valence-electron chi connectivity index (χ4n) is 2.62. The minimum absolute atomic E-state index is 0.0805. The summed E-state index contributed by atoms with van der Waals surface area (Å²) in [5.41, 5.74) is 1.12. The van der Waals surface area contributed by atoms with Crippen molar-refractivity contribution in [1.82, 2.24) is 4.57 Å². The van der Waals surface area contributed by atoms with Crippen LogP contribution < -0.4 is 14.3 Å². The smallest absolute Gasteiger partial charge is 0.308 e. The summed E-state index contributed by atoms with van der Waals surface area (Å²) in [4.78, 5) is 12.0. The molecule has 1 N–H and O–H groups in total. The first kappa shape index (κ1) is 18.5. The molecule has 0 fully saturated rings. The van der Waals surface area contributed by atoms with Crippen LogP contribution in [0.1, 0.15) is 20.8 Å². The lowest BCUT2D eigenvalue weighted by atomic mass is 10.3. The zero-order valence-corrected chi connectivity index (χ0v) is 16.4. The molecule has 0 bridgehead atoms. The maximum Gasteiger partial charge on any atom is 0.308 e. The Morgan fingerprint density at radius 2 is 1.92 bits per heavy atom. The molecule has 0 aliphatic carbocycles. The van der Waals surface area contributed by atoms with Gasteiger partial charge in [-0.2, -0.15) is 0 Å². The van der Waals surface area contributed by atoms with Crippen molar-refractivity contribution in [2.24, 2.45) is 0 Å². The predicted octanol–water partition coefficient (Wildman–Crippen LogP) is 3.67. The van der Waals surface area contributed by atoms with E-state index in [0.29, 0.717) is 22.7 Å². The summed E-state index contributed by atoms with van der Waals surface area (Å²) in [7, 11) is -3.81. The van der Waals surface area contributed by atoms with Crippen LogP contribution in [-0.2, 0) is 16.6 Å². The predicted molar refractivity (Wildman–Crippen MR) is 105 cm³/mol. The standard InChI is InChI=1S/C18H20N2O4S2/c1-4-20-15-10-9-13(11-17(15)25-18(20)21)26(22,23)19-14-7-5-6-8-16(14)24-12(2)3/h5-12,19H,4H2,1-3H3. The summed E-state index contributed by atoms with van der Waals surface area (Å²) in [6, 6.07) is 11.6. The zero-order valence-electron chi connectivity index (χ0n) is 14.7. The molecule has 3 rings (SSSR count). The van der Waals surface area contributed by atoms with Gasteiger partial charge in [-0.05, 0) is 51.1 Å². The summed E-state index contributed by atoms with van der Waals surface area (Å²) in [6.45, 7) is 6.17. The molecule has 0 aliphatic rings. The van der Waals surface area contributed by atoms with E-state index in [1.807, 2.05) is 20.8 Å². The van der Waals surface area contributed by atoms with Crippen LogP contribution in [0.4, 0.5) is 5.69 Å². The third-order valence-electron chi connectivity index (χ3n) is 3.76. The third kappa shape index (κ3) is 3.61. The lowest BCUT2D eigenvalue weighted by molar-refractivity contribution is 0.244. The number of benzene rings is 2. The Labute approximate surface area is 156 Å². The van der Waals surface area contributed by atoms with Crippen LogP contribution in [0.3, 0.4) is 0 Å². The first-order valence-corrected chi connectivity index (χ1v) is 10.5. The van der Waals surface area contributed by atoms with E-state index < -0.39 is 10.0 Å². The molecule has 0 spiro atoms. The molecule has 2 aromatic carbocycles. The fourth-order valence-corrected chi connectivity index (χ4v) is 4.79. The first-order valence-electron chi connectivity index (χ1n) is 8.23. The normalized spacial score (nSPS) is 11.8. The Bertz CT molecular complexity index is 1100. The molecule has 0 saturated carbocycles. The number of nitrogens with one attached hydrogen (secondary N) is 1. The van der Waals surface area contributed by atoms with Crippen LogP contribution >= 0.6 is 11.3 Å². The quantitative estimate of drug-likeness (QED) is 0.694. The van der Waals surface area contributed by atoms with E-state index in [9.17, 15) is 13.2 Å². The Balaban J connectivity index is 1.99. The molecule has 0 unspecified atom stereocenters. The monoisotopic (exact) mass is 392 g/mol. The molecule has 1 aromatic heterocycles. The SMILES string of the molecule is CCn1c(=O)sc2cc(S(=O)(=O)Nc3ccccc3OC(C)C)ccc21. The number of para-hydroxylation sites is 2. The lowest BCUT2D eigenvalue weighted by Crippen LogP contribution is -2.15. The fraction of sp³-hybridized carbons (Fsp3) is 0.278. The Kier molecular flexibility index (Phi) is 5.06. The third-order valence-corrected chi connectivity index (χ3v) is 6.07. The van der Waals surface area contributed by atoms with E-state index in [1.165, 1.54) is 12.1 Å². The number of hydrogen-bond donors (Lipinski definition) is 1. The number of rotatable bonds is 6. The number of aryl methyl sites for hydroxylation is 1. The highest BCUT2D eigenvalue weighted by molar-refractivity contribution is 7.92. The molecule has 138 valence electrons. The number of thiazole rings is 1. The Morgan fingerprint density at radius 1 is 1.19 bits per heavy atom. The molecule has 8 heteroatoms. The van der Waals surface area contributed by atoms with Gasteiger partial charge in [-0.1, -0.05) is 23.5 Å². The molecule has 6 nitrogen and oxygen atoms in total. The maximum atomic E-state index is 12.8. The van der Waals surface area contributed by atoms with Gasteiger partial charge < -0.3 is 4.74 Å². The summed E-state index contributed by atoms with van der Waals surface area (Å²) >= 11 is 1.04. The van der Waals surface area contributed by atoms with Gasteiger partial charge in [0.25, 0.3) is 10.0 Å². The maximum absolute atomic E-state index is 12.8. The molecular weight excluding hydrogens is 372 g/mol. The molecule has 1 heterocycles. The largest absolute Gasteiger partial charge is 0.489 e. The zero-order chi connectivity index (χ0) is 18.9. The van der Waals surface area contributed by atoms with Crippen LogP contribution in [0.2, 0.25) is 0 Å². The van der Waals surface area contributed by atoms with Gasteiger partial charge in [-0.3, -0.25) is 14.1 Å². The van der Waals surface area contributed by atoms with Crippen molar-refractivity contribution < 1.29 is 13.2 Å². The van der Waals surface area contributed by atoms with Gasteiger partial charge >= 0.3 is 4.87 Å². The number of aromatic nitrogens is 1. The van der Waals surface area contributed by atoms with Crippen LogP contribution in [0.5, 0.6) is 5.75 Å². The van der Waals surface area contributed by atoms with Gasteiger partial charge in [0, 0.05) is 6.54 Å². The van der Waals surface area contributed by atoms with Crippen molar-refractivity contribution >= 4 is 37.3 Å². The van der Waals surface area contributed by atoms with Gasteiger partial charge in [0.1, 0.15) is 5.75 Å². The average molecular weight is 393 g/mol. The second-order valence-electron chi connectivity index (χ2n) is 6.01. The number of hydrogen-bond acceptors (Lipinski definition) is 5. The van der Waals surface area contributed by atoms with Gasteiger partial charge in [0.05, 0.1) is 26.9 Å². The van der Waals surface area contributed by atoms with E-state index >= 15 is 0 Å². The number of fused-ring (bicyclic) bond motifs is 1.